The van der Waals surface area contributed by atoms with Crippen LogP contribution < -0.4 is 18.9 Å². The van der Waals surface area contributed by atoms with Crippen molar-refractivity contribution in [2.24, 2.45) is 10.8 Å². The molecule has 0 amide bonds. The van der Waals surface area contributed by atoms with E-state index >= 15 is 0 Å². The maximum atomic E-state index is 9.75. The van der Waals surface area contributed by atoms with E-state index in [1.807, 2.05) is 52.0 Å². The highest BCUT2D eigenvalue weighted by Gasteiger charge is 2.47. The third-order valence-electron chi connectivity index (χ3n) is 9.20. The molecule has 6 heteroatoms. The molecule has 0 bridgehead atoms. The molecule has 2 N–H and O–H groups in total. The van der Waals surface area contributed by atoms with Crippen molar-refractivity contribution in [3.05, 3.63) is 119 Å². The van der Waals surface area contributed by atoms with E-state index in [-0.39, 0.29) is 24.0 Å². The molecule has 1 aliphatic carbocycles. The van der Waals surface area contributed by atoms with Crippen molar-refractivity contribution in [2.75, 3.05) is 40.6 Å². The number of benzene rings is 5. The van der Waals surface area contributed by atoms with Crippen molar-refractivity contribution in [1.29, 1.82) is 0 Å². The van der Waals surface area contributed by atoms with E-state index in [9.17, 15) is 10.2 Å². The SMILES string of the molecule is COc1cc2c(cc1OC)C(c1ccc(OCC(C)(C)CO)cc1)(c1ccc(OCC(C)(C)CO)cc1)c1cc3ccccc3cc1-2. The molecule has 0 unspecified atom stereocenters. The van der Waals surface area contributed by atoms with Gasteiger partial charge in [-0.2, -0.15) is 0 Å². The first-order valence-electron chi connectivity index (χ1n) is 16.0. The molecule has 0 saturated heterocycles. The Morgan fingerprint density at radius 3 is 1.45 bits per heavy atom. The van der Waals surface area contributed by atoms with Gasteiger partial charge in [0.15, 0.2) is 11.5 Å². The van der Waals surface area contributed by atoms with Gasteiger partial charge in [-0.25, -0.2) is 0 Å². The van der Waals surface area contributed by atoms with E-state index in [0.717, 1.165) is 55.7 Å². The zero-order valence-corrected chi connectivity index (χ0v) is 28.1. The summed E-state index contributed by atoms with van der Waals surface area (Å²) in [5, 5.41) is 21.8. The molecule has 47 heavy (non-hydrogen) atoms. The maximum absolute atomic E-state index is 9.75. The number of fused-ring (bicyclic) bond motifs is 4. The average Bonchev–Trinajstić information content (AvgIpc) is 3.37. The third kappa shape index (κ3) is 5.92. The molecule has 0 radical (unpaired) electrons. The first-order chi connectivity index (χ1) is 22.5. The van der Waals surface area contributed by atoms with Gasteiger partial charge in [-0.1, -0.05) is 76.2 Å². The average molecular weight is 633 g/mol. The Balaban J connectivity index is 1.59. The summed E-state index contributed by atoms with van der Waals surface area (Å²) >= 11 is 0. The second kappa shape index (κ2) is 12.6. The molecule has 0 aliphatic heterocycles. The van der Waals surface area contributed by atoms with Crippen LogP contribution in [0.5, 0.6) is 23.0 Å². The fourth-order valence-corrected chi connectivity index (χ4v) is 6.37. The second-order valence-electron chi connectivity index (χ2n) is 14.0. The molecule has 0 spiro atoms. The Kier molecular flexibility index (Phi) is 8.68. The van der Waals surface area contributed by atoms with Crippen LogP contribution in [-0.4, -0.2) is 50.9 Å². The van der Waals surface area contributed by atoms with Gasteiger partial charge in [0, 0.05) is 10.8 Å². The van der Waals surface area contributed by atoms with E-state index in [1.165, 1.54) is 0 Å². The van der Waals surface area contributed by atoms with Crippen molar-refractivity contribution >= 4 is 10.8 Å². The highest BCUT2D eigenvalue weighted by molar-refractivity contribution is 5.96. The van der Waals surface area contributed by atoms with Crippen LogP contribution >= 0.6 is 0 Å². The van der Waals surface area contributed by atoms with Gasteiger partial charge in [0.2, 0.25) is 0 Å². The standard InChI is InChI=1S/C41H44O6/c1-39(2,23-42)25-46-31-15-11-29(12-16-31)41(30-13-17-32(18-14-30)47-26-40(3,4)24-43)35-20-28-10-8-7-9-27(28)19-33(35)34-21-37(44-5)38(45-6)22-36(34)41/h7-22,42-43H,23-26H2,1-6H3. The molecule has 0 saturated carbocycles. The fourth-order valence-electron chi connectivity index (χ4n) is 6.37. The van der Waals surface area contributed by atoms with Crippen LogP contribution in [0, 0.1) is 10.8 Å². The molecule has 6 rings (SSSR count). The number of methoxy groups -OCH3 is 2. The van der Waals surface area contributed by atoms with Gasteiger partial charge >= 0.3 is 0 Å². The lowest BCUT2D eigenvalue weighted by Gasteiger charge is -2.34. The van der Waals surface area contributed by atoms with Gasteiger partial charge in [0.05, 0.1) is 46.1 Å². The first kappa shape index (κ1) is 32.4. The normalized spacial score (nSPS) is 13.6. The minimum absolute atomic E-state index is 0.0399. The van der Waals surface area contributed by atoms with Crippen LogP contribution in [0.1, 0.15) is 49.9 Å². The minimum atomic E-state index is -0.708. The summed E-state index contributed by atoms with van der Waals surface area (Å²) in [7, 11) is 3.34. The molecule has 1 aliphatic rings. The molecule has 244 valence electrons. The van der Waals surface area contributed by atoms with Crippen molar-refractivity contribution < 1.29 is 29.2 Å². The Labute approximate surface area is 277 Å². The Bertz CT molecular complexity index is 1810. The Morgan fingerprint density at radius 2 is 0.979 bits per heavy atom. The molecule has 0 atom stereocenters. The topological polar surface area (TPSA) is 77.4 Å². The summed E-state index contributed by atoms with van der Waals surface area (Å²) in [6.45, 7) is 8.80. The molecular formula is C41H44O6. The predicted octanol–water partition coefficient (Wildman–Crippen LogP) is 8.01. The largest absolute Gasteiger partial charge is 0.493 e. The Hall–Kier alpha value is -4.52. The van der Waals surface area contributed by atoms with Gasteiger partial charge in [-0.05, 0) is 92.7 Å². The van der Waals surface area contributed by atoms with E-state index in [1.54, 1.807) is 14.2 Å². The van der Waals surface area contributed by atoms with E-state index < -0.39 is 5.41 Å². The first-order valence-corrected chi connectivity index (χ1v) is 16.0. The number of rotatable bonds is 12. The highest BCUT2D eigenvalue weighted by atomic mass is 16.5. The van der Waals surface area contributed by atoms with Crippen LogP contribution in [-0.2, 0) is 5.41 Å². The van der Waals surface area contributed by atoms with E-state index in [0.29, 0.717) is 24.7 Å². The van der Waals surface area contributed by atoms with Crippen LogP contribution in [0.4, 0.5) is 0 Å². The molecule has 5 aromatic rings. The lowest BCUT2D eigenvalue weighted by atomic mass is 9.67. The van der Waals surface area contributed by atoms with Crippen molar-refractivity contribution in [3.63, 3.8) is 0 Å². The lowest BCUT2D eigenvalue weighted by molar-refractivity contribution is 0.0975. The summed E-state index contributed by atoms with van der Waals surface area (Å²) in [5.41, 5.74) is 5.20. The smallest absolute Gasteiger partial charge is 0.161 e. The monoisotopic (exact) mass is 632 g/mol. The van der Waals surface area contributed by atoms with Crippen molar-refractivity contribution in [3.8, 4) is 34.1 Å². The van der Waals surface area contributed by atoms with Gasteiger partial charge in [0.1, 0.15) is 11.5 Å². The molecule has 0 fully saturated rings. The number of ether oxygens (including phenoxy) is 4. The molecule has 5 aromatic carbocycles. The zero-order valence-electron chi connectivity index (χ0n) is 28.1. The highest BCUT2D eigenvalue weighted by Crippen LogP contribution is 2.59. The lowest BCUT2D eigenvalue weighted by Crippen LogP contribution is -2.29. The summed E-state index contributed by atoms with van der Waals surface area (Å²) < 4.78 is 24.0. The molecule has 0 aromatic heterocycles. The molecular weight excluding hydrogens is 588 g/mol. The third-order valence-corrected chi connectivity index (χ3v) is 9.20. The van der Waals surface area contributed by atoms with E-state index in [2.05, 4.69) is 72.8 Å². The molecule has 0 heterocycles. The van der Waals surface area contributed by atoms with Crippen molar-refractivity contribution in [2.45, 2.75) is 33.1 Å². The minimum Gasteiger partial charge on any atom is -0.493 e. The summed E-state index contributed by atoms with van der Waals surface area (Å²) in [5.74, 6) is 2.81. The van der Waals surface area contributed by atoms with Gasteiger partial charge in [0.25, 0.3) is 0 Å². The van der Waals surface area contributed by atoms with E-state index in [4.69, 9.17) is 18.9 Å². The fraction of sp³-hybridized carbons (Fsp3) is 0.317. The van der Waals surface area contributed by atoms with Gasteiger partial charge in [-0.3, -0.25) is 0 Å². The van der Waals surface area contributed by atoms with Crippen LogP contribution in [0.25, 0.3) is 21.9 Å². The Morgan fingerprint density at radius 1 is 0.553 bits per heavy atom. The predicted molar refractivity (Wildman–Crippen MR) is 187 cm³/mol. The number of aliphatic hydroxyl groups is 2. The number of aliphatic hydroxyl groups excluding tert-OH is 2. The number of hydrogen-bond acceptors (Lipinski definition) is 6. The number of hydrogen-bond donors (Lipinski definition) is 2. The van der Waals surface area contributed by atoms with Gasteiger partial charge < -0.3 is 29.2 Å². The van der Waals surface area contributed by atoms with Crippen LogP contribution in [0.2, 0.25) is 0 Å². The van der Waals surface area contributed by atoms with Crippen LogP contribution in [0.3, 0.4) is 0 Å². The summed E-state index contributed by atoms with van der Waals surface area (Å²) in [4.78, 5) is 0. The molecule has 6 nitrogen and oxygen atoms in total. The summed E-state index contributed by atoms with van der Waals surface area (Å²) in [6.07, 6.45) is 0. The quantitative estimate of drug-likeness (QED) is 0.142. The van der Waals surface area contributed by atoms with Gasteiger partial charge in [-0.15, -0.1) is 0 Å². The maximum Gasteiger partial charge on any atom is 0.161 e. The van der Waals surface area contributed by atoms with Crippen LogP contribution in [0.15, 0.2) is 97.1 Å². The zero-order chi connectivity index (χ0) is 33.4. The summed E-state index contributed by atoms with van der Waals surface area (Å²) in [6, 6.07) is 33.8. The van der Waals surface area contributed by atoms with Crippen molar-refractivity contribution in [1.82, 2.24) is 0 Å². The second-order valence-corrected chi connectivity index (χ2v) is 14.0.